The summed E-state index contributed by atoms with van der Waals surface area (Å²) in [4.78, 5) is 15.1. The first-order chi connectivity index (χ1) is 8.58. The maximum atomic E-state index is 10.8. The van der Waals surface area contributed by atoms with Crippen LogP contribution in [0.15, 0.2) is 24.3 Å². The largest absolute Gasteiger partial charge is 0.481 e. The zero-order valence-corrected chi connectivity index (χ0v) is 10.2. The zero-order chi connectivity index (χ0) is 13.1. The highest BCUT2D eigenvalue weighted by molar-refractivity contribution is 5.74. The van der Waals surface area contributed by atoms with Gasteiger partial charge in [-0.3, -0.25) is 4.79 Å². The van der Waals surface area contributed by atoms with Gasteiger partial charge in [-0.05, 0) is 26.0 Å². The molecule has 6 nitrogen and oxygen atoms in total. The third kappa shape index (κ3) is 2.53. The summed E-state index contributed by atoms with van der Waals surface area (Å²) in [5.74, 6) is -1.04. The molecule has 1 aromatic carbocycles. The number of fused-ring (bicyclic) bond motifs is 1. The Bertz CT molecular complexity index is 573. The maximum absolute atomic E-state index is 10.8. The third-order valence-electron chi connectivity index (χ3n) is 2.86. The molecule has 0 radical (unpaired) electrons. The van der Waals surface area contributed by atoms with Crippen LogP contribution in [-0.2, 0) is 4.79 Å². The molecule has 0 spiro atoms. The van der Waals surface area contributed by atoms with Crippen molar-refractivity contribution in [3.63, 3.8) is 0 Å². The number of nitrogens with one attached hydrogen (secondary N) is 1. The Hall–Kier alpha value is -2.24. The van der Waals surface area contributed by atoms with Crippen LogP contribution in [-0.4, -0.2) is 32.3 Å². The maximum Gasteiger partial charge on any atom is 0.308 e. The Morgan fingerprint density at radius 3 is 2.56 bits per heavy atom. The van der Waals surface area contributed by atoms with Crippen molar-refractivity contribution in [3.05, 3.63) is 24.3 Å². The van der Waals surface area contributed by atoms with Gasteiger partial charge in [0.05, 0.1) is 11.4 Å². The van der Waals surface area contributed by atoms with Gasteiger partial charge in [-0.2, -0.15) is 0 Å². The van der Waals surface area contributed by atoms with Crippen LogP contribution >= 0.6 is 0 Å². The van der Waals surface area contributed by atoms with Crippen molar-refractivity contribution in [1.29, 1.82) is 0 Å². The zero-order valence-electron chi connectivity index (χ0n) is 10.2. The minimum atomic E-state index is -0.858. The van der Waals surface area contributed by atoms with Crippen LogP contribution in [0.2, 0.25) is 0 Å². The van der Waals surface area contributed by atoms with E-state index in [1.165, 1.54) is 0 Å². The van der Waals surface area contributed by atoms with Crippen LogP contribution in [0.4, 0.5) is 5.95 Å². The van der Waals surface area contributed by atoms with E-state index in [9.17, 15) is 4.79 Å². The molecule has 2 unspecified atom stereocenters. The summed E-state index contributed by atoms with van der Waals surface area (Å²) >= 11 is 0. The molecule has 2 atom stereocenters. The molecule has 0 aliphatic rings. The lowest BCUT2D eigenvalue weighted by molar-refractivity contribution is -0.141. The van der Waals surface area contributed by atoms with Crippen LogP contribution in [0.25, 0.3) is 11.0 Å². The Labute approximate surface area is 104 Å². The van der Waals surface area contributed by atoms with E-state index >= 15 is 0 Å². The minimum Gasteiger partial charge on any atom is -0.481 e. The highest BCUT2D eigenvalue weighted by atomic mass is 16.4. The molecule has 0 fully saturated rings. The number of aliphatic carboxylic acids is 1. The highest BCUT2D eigenvalue weighted by Crippen LogP contribution is 2.12. The number of carboxylic acid groups (broad SMARTS) is 1. The minimum absolute atomic E-state index is 0.273. The number of aromatic nitrogens is 3. The van der Waals surface area contributed by atoms with Crippen molar-refractivity contribution >= 4 is 23.0 Å². The number of hydrogen-bond acceptors (Lipinski definition) is 5. The number of anilines is 1. The van der Waals surface area contributed by atoms with Crippen LogP contribution in [0.5, 0.6) is 0 Å². The van der Waals surface area contributed by atoms with E-state index in [4.69, 9.17) is 5.11 Å². The number of nitrogens with zero attached hydrogens (tertiary/aromatic N) is 3. The number of benzene rings is 1. The molecule has 0 bridgehead atoms. The van der Waals surface area contributed by atoms with Gasteiger partial charge in [0.2, 0.25) is 5.95 Å². The number of carboxylic acids is 1. The SMILES string of the molecule is CC(Nc1nnc2ccccc2n1)C(C)C(=O)O. The molecular weight excluding hydrogens is 232 g/mol. The fourth-order valence-corrected chi connectivity index (χ4v) is 1.48. The topological polar surface area (TPSA) is 88.0 Å². The van der Waals surface area contributed by atoms with E-state index in [0.29, 0.717) is 11.5 Å². The van der Waals surface area contributed by atoms with Gasteiger partial charge < -0.3 is 10.4 Å². The normalized spacial score (nSPS) is 14.1. The summed E-state index contributed by atoms with van der Waals surface area (Å²) in [6.45, 7) is 3.41. The third-order valence-corrected chi connectivity index (χ3v) is 2.86. The fourth-order valence-electron chi connectivity index (χ4n) is 1.48. The highest BCUT2D eigenvalue weighted by Gasteiger charge is 2.20. The number of hydrogen-bond donors (Lipinski definition) is 2. The van der Waals surface area contributed by atoms with Gasteiger partial charge in [0.1, 0.15) is 5.52 Å². The number of para-hydroxylation sites is 1. The average molecular weight is 246 g/mol. The van der Waals surface area contributed by atoms with Crippen molar-refractivity contribution < 1.29 is 9.90 Å². The fraction of sp³-hybridized carbons (Fsp3) is 0.333. The molecule has 1 heterocycles. The van der Waals surface area contributed by atoms with Crippen molar-refractivity contribution in [2.24, 2.45) is 5.92 Å². The molecule has 18 heavy (non-hydrogen) atoms. The summed E-state index contributed by atoms with van der Waals surface area (Å²) in [5, 5.41) is 19.8. The van der Waals surface area contributed by atoms with Crippen molar-refractivity contribution in [1.82, 2.24) is 15.2 Å². The summed E-state index contributed by atoms with van der Waals surface area (Å²) < 4.78 is 0. The smallest absolute Gasteiger partial charge is 0.308 e. The summed E-state index contributed by atoms with van der Waals surface area (Å²) in [7, 11) is 0. The van der Waals surface area contributed by atoms with Gasteiger partial charge in [-0.15, -0.1) is 10.2 Å². The van der Waals surface area contributed by atoms with Gasteiger partial charge in [0, 0.05) is 6.04 Å². The quantitative estimate of drug-likeness (QED) is 0.850. The molecule has 2 aromatic rings. The second-order valence-electron chi connectivity index (χ2n) is 4.18. The lowest BCUT2D eigenvalue weighted by atomic mass is 10.0. The molecule has 0 aliphatic heterocycles. The molecule has 6 heteroatoms. The van der Waals surface area contributed by atoms with Crippen LogP contribution in [0.1, 0.15) is 13.8 Å². The van der Waals surface area contributed by atoms with Crippen molar-refractivity contribution in [3.8, 4) is 0 Å². The Morgan fingerprint density at radius 2 is 1.89 bits per heavy atom. The van der Waals surface area contributed by atoms with E-state index in [-0.39, 0.29) is 6.04 Å². The van der Waals surface area contributed by atoms with E-state index in [1.807, 2.05) is 24.3 Å². The van der Waals surface area contributed by atoms with E-state index < -0.39 is 11.9 Å². The number of rotatable bonds is 4. The summed E-state index contributed by atoms with van der Waals surface area (Å²) in [5.41, 5.74) is 1.44. The molecule has 1 aromatic heterocycles. The molecular formula is C12H14N4O2. The lowest BCUT2D eigenvalue weighted by Gasteiger charge is -2.17. The van der Waals surface area contributed by atoms with Crippen LogP contribution < -0.4 is 5.32 Å². The van der Waals surface area contributed by atoms with Crippen LogP contribution in [0.3, 0.4) is 0 Å². The second-order valence-corrected chi connectivity index (χ2v) is 4.18. The molecule has 94 valence electrons. The van der Waals surface area contributed by atoms with Gasteiger partial charge in [0.15, 0.2) is 0 Å². The molecule has 0 aliphatic carbocycles. The van der Waals surface area contributed by atoms with Gasteiger partial charge in [-0.1, -0.05) is 12.1 Å². The van der Waals surface area contributed by atoms with Crippen molar-refractivity contribution in [2.75, 3.05) is 5.32 Å². The predicted molar refractivity (Wildman–Crippen MR) is 67.2 cm³/mol. The Balaban J connectivity index is 2.19. The molecule has 0 saturated heterocycles. The molecule has 2 rings (SSSR count). The monoisotopic (exact) mass is 246 g/mol. The first-order valence-electron chi connectivity index (χ1n) is 5.66. The lowest BCUT2D eigenvalue weighted by Crippen LogP contribution is -2.30. The average Bonchev–Trinajstić information content (AvgIpc) is 2.37. The van der Waals surface area contributed by atoms with Crippen LogP contribution in [0, 0.1) is 5.92 Å². The van der Waals surface area contributed by atoms with Gasteiger partial charge >= 0.3 is 5.97 Å². The van der Waals surface area contributed by atoms with E-state index in [2.05, 4.69) is 20.5 Å². The van der Waals surface area contributed by atoms with Gasteiger partial charge in [-0.25, -0.2) is 4.98 Å². The standard InChI is InChI=1S/C12H14N4O2/c1-7(11(17)18)8(2)13-12-14-9-5-3-4-6-10(9)15-16-12/h3-8H,1-2H3,(H,17,18)(H,13,14,16). The first-order valence-corrected chi connectivity index (χ1v) is 5.66. The Morgan fingerprint density at radius 1 is 1.22 bits per heavy atom. The van der Waals surface area contributed by atoms with Crippen molar-refractivity contribution in [2.45, 2.75) is 19.9 Å². The summed E-state index contributed by atoms with van der Waals surface area (Å²) in [6.07, 6.45) is 0. The predicted octanol–water partition coefficient (Wildman–Crippen LogP) is 1.55. The summed E-state index contributed by atoms with van der Waals surface area (Å²) in [6, 6.07) is 7.11. The van der Waals surface area contributed by atoms with E-state index in [1.54, 1.807) is 13.8 Å². The second kappa shape index (κ2) is 4.95. The number of carbonyl (C=O) groups is 1. The van der Waals surface area contributed by atoms with Gasteiger partial charge in [0.25, 0.3) is 0 Å². The Kier molecular flexibility index (Phi) is 3.36. The molecule has 2 N–H and O–H groups in total. The molecule has 0 amide bonds. The molecule has 0 saturated carbocycles. The first kappa shape index (κ1) is 12.2. The van der Waals surface area contributed by atoms with E-state index in [0.717, 1.165) is 5.52 Å².